The second-order valence-electron chi connectivity index (χ2n) is 8.35. The van der Waals surface area contributed by atoms with Crippen molar-refractivity contribution in [2.75, 3.05) is 4.90 Å². The number of urea groups is 1. The number of carbonyl (C=O) groups excluding carboxylic acids is 3. The fourth-order valence-corrected chi connectivity index (χ4v) is 3.70. The third kappa shape index (κ3) is 6.04. The van der Waals surface area contributed by atoms with Gasteiger partial charge in [-0.25, -0.2) is 19.5 Å². The Morgan fingerprint density at radius 2 is 1.76 bits per heavy atom. The van der Waals surface area contributed by atoms with Crippen LogP contribution in [0, 0.1) is 0 Å². The zero-order chi connectivity index (χ0) is 24.6. The SMILES string of the molecule is CC1C(=O)N(c2ccc(SC(F)(F)F)cc2)C(=O)N1Cc1ccnc(C(=O)OC(C)(C)C)c1. The molecule has 0 saturated carbocycles. The second-order valence-corrected chi connectivity index (χ2v) is 9.49. The number of imide groups is 1. The molecule has 1 fully saturated rings. The van der Waals surface area contributed by atoms with E-state index in [0.717, 1.165) is 4.90 Å². The van der Waals surface area contributed by atoms with Crippen LogP contribution in [0.5, 0.6) is 0 Å². The number of nitrogens with zero attached hydrogens (tertiary/aromatic N) is 3. The van der Waals surface area contributed by atoms with E-state index in [1.54, 1.807) is 33.8 Å². The molecule has 2 heterocycles. The lowest BCUT2D eigenvalue weighted by Crippen LogP contribution is -2.33. The number of aromatic nitrogens is 1. The highest BCUT2D eigenvalue weighted by molar-refractivity contribution is 8.00. The molecule has 0 N–H and O–H groups in total. The summed E-state index contributed by atoms with van der Waals surface area (Å²) in [4.78, 5) is 44.2. The minimum atomic E-state index is -4.44. The van der Waals surface area contributed by atoms with Crippen LogP contribution in [0.1, 0.15) is 43.7 Å². The third-order valence-corrected chi connectivity index (χ3v) is 5.34. The number of alkyl halides is 3. The van der Waals surface area contributed by atoms with Crippen LogP contribution in [0.4, 0.5) is 23.7 Å². The number of pyridine rings is 1. The highest BCUT2D eigenvalue weighted by Crippen LogP contribution is 2.38. The number of benzene rings is 1. The van der Waals surface area contributed by atoms with Crippen LogP contribution in [-0.2, 0) is 16.1 Å². The fourth-order valence-electron chi connectivity index (χ4n) is 3.16. The molecule has 176 valence electrons. The molecule has 33 heavy (non-hydrogen) atoms. The van der Waals surface area contributed by atoms with Crippen LogP contribution in [0.2, 0.25) is 0 Å². The number of carbonyl (C=O) groups is 3. The molecule has 7 nitrogen and oxygen atoms in total. The summed E-state index contributed by atoms with van der Waals surface area (Å²) >= 11 is -0.279. The van der Waals surface area contributed by atoms with Gasteiger partial charge < -0.3 is 9.64 Å². The van der Waals surface area contributed by atoms with Crippen LogP contribution < -0.4 is 4.90 Å². The van der Waals surface area contributed by atoms with Crippen molar-refractivity contribution in [2.45, 2.75) is 56.3 Å². The van der Waals surface area contributed by atoms with Crippen molar-refractivity contribution in [1.82, 2.24) is 9.88 Å². The van der Waals surface area contributed by atoms with Crippen molar-refractivity contribution in [3.05, 3.63) is 53.9 Å². The molecule has 1 atom stereocenters. The predicted octanol–water partition coefficient (Wildman–Crippen LogP) is 5.01. The minimum absolute atomic E-state index is 0.0303. The number of esters is 1. The first-order chi connectivity index (χ1) is 15.2. The third-order valence-electron chi connectivity index (χ3n) is 4.60. The highest BCUT2D eigenvalue weighted by atomic mass is 32.2. The summed E-state index contributed by atoms with van der Waals surface area (Å²) in [7, 11) is 0. The lowest BCUT2D eigenvalue weighted by Gasteiger charge is -2.21. The first-order valence-electron chi connectivity index (χ1n) is 9.94. The van der Waals surface area contributed by atoms with Gasteiger partial charge in [-0.05, 0) is 81.4 Å². The van der Waals surface area contributed by atoms with Crippen LogP contribution in [0.25, 0.3) is 0 Å². The molecule has 1 aromatic carbocycles. The Morgan fingerprint density at radius 3 is 2.33 bits per heavy atom. The summed E-state index contributed by atoms with van der Waals surface area (Å²) in [6, 6.07) is 6.70. The van der Waals surface area contributed by atoms with E-state index < -0.39 is 35.1 Å². The average molecular weight is 481 g/mol. The van der Waals surface area contributed by atoms with E-state index in [4.69, 9.17) is 4.74 Å². The Morgan fingerprint density at radius 1 is 1.12 bits per heavy atom. The maximum atomic E-state index is 13.0. The van der Waals surface area contributed by atoms with Gasteiger partial charge in [0.1, 0.15) is 17.3 Å². The summed E-state index contributed by atoms with van der Waals surface area (Å²) in [6.07, 6.45) is 1.41. The summed E-state index contributed by atoms with van der Waals surface area (Å²) < 4.78 is 42.9. The van der Waals surface area contributed by atoms with Crippen LogP contribution in [-0.4, -0.2) is 44.9 Å². The van der Waals surface area contributed by atoms with E-state index in [-0.39, 0.29) is 34.6 Å². The smallest absolute Gasteiger partial charge is 0.446 e. The Hall–Kier alpha value is -3.08. The van der Waals surface area contributed by atoms with Gasteiger partial charge in [-0.15, -0.1) is 0 Å². The summed E-state index contributed by atoms with van der Waals surface area (Å²) in [5.41, 5.74) is -4.32. The van der Waals surface area contributed by atoms with Gasteiger partial charge in [-0.3, -0.25) is 4.79 Å². The Kier molecular flexibility index (Phi) is 6.73. The maximum absolute atomic E-state index is 13.0. The highest BCUT2D eigenvalue weighted by Gasteiger charge is 2.43. The van der Waals surface area contributed by atoms with Crippen LogP contribution >= 0.6 is 11.8 Å². The van der Waals surface area contributed by atoms with E-state index >= 15 is 0 Å². The Balaban J connectivity index is 1.77. The molecular weight excluding hydrogens is 459 g/mol. The van der Waals surface area contributed by atoms with Crippen molar-refractivity contribution >= 4 is 35.4 Å². The van der Waals surface area contributed by atoms with Crippen molar-refractivity contribution in [1.29, 1.82) is 0 Å². The molecule has 0 spiro atoms. The van der Waals surface area contributed by atoms with Crippen molar-refractivity contribution in [3.8, 4) is 0 Å². The van der Waals surface area contributed by atoms with Gasteiger partial charge in [0.25, 0.3) is 5.91 Å². The molecule has 3 amide bonds. The molecule has 1 aliphatic rings. The van der Waals surface area contributed by atoms with Crippen LogP contribution in [0.15, 0.2) is 47.5 Å². The van der Waals surface area contributed by atoms with Gasteiger partial charge in [-0.2, -0.15) is 13.2 Å². The van der Waals surface area contributed by atoms with Gasteiger partial charge in [0.2, 0.25) is 0 Å². The quantitative estimate of drug-likeness (QED) is 0.340. The molecule has 1 saturated heterocycles. The number of amides is 3. The van der Waals surface area contributed by atoms with Gasteiger partial charge in [0, 0.05) is 17.6 Å². The monoisotopic (exact) mass is 481 g/mol. The van der Waals surface area contributed by atoms with E-state index in [1.165, 1.54) is 41.4 Å². The molecule has 0 radical (unpaired) electrons. The average Bonchev–Trinajstić information content (AvgIpc) is 2.90. The van der Waals surface area contributed by atoms with Crippen LogP contribution in [0.3, 0.4) is 0 Å². The van der Waals surface area contributed by atoms with Crippen molar-refractivity contribution < 1.29 is 32.3 Å². The van der Waals surface area contributed by atoms with Gasteiger partial charge in [0.15, 0.2) is 0 Å². The summed E-state index contributed by atoms with van der Waals surface area (Å²) in [5, 5.41) is 0. The molecule has 1 aliphatic heterocycles. The first kappa shape index (κ1) is 24.6. The van der Waals surface area contributed by atoms with Gasteiger partial charge >= 0.3 is 17.5 Å². The molecule has 3 rings (SSSR count). The number of hydrogen-bond donors (Lipinski definition) is 0. The normalized spacial score (nSPS) is 17.0. The van der Waals surface area contributed by atoms with Gasteiger partial charge in [-0.1, -0.05) is 0 Å². The lowest BCUT2D eigenvalue weighted by molar-refractivity contribution is -0.119. The van der Waals surface area contributed by atoms with Gasteiger partial charge in [0.05, 0.1) is 5.69 Å². The van der Waals surface area contributed by atoms with E-state index in [2.05, 4.69) is 4.98 Å². The molecule has 1 unspecified atom stereocenters. The number of thioether (sulfide) groups is 1. The molecule has 1 aromatic heterocycles. The number of anilines is 1. The largest absolute Gasteiger partial charge is 0.455 e. The number of halogens is 3. The predicted molar refractivity (Wildman–Crippen MR) is 116 cm³/mol. The number of hydrogen-bond acceptors (Lipinski definition) is 6. The summed E-state index contributed by atoms with van der Waals surface area (Å²) in [5.74, 6) is -1.11. The fraction of sp³-hybridized carbons (Fsp3) is 0.364. The van der Waals surface area contributed by atoms with Crippen molar-refractivity contribution in [3.63, 3.8) is 0 Å². The number of rotatable bonds is 5. The lowest BCUT2D eigenvalue weighted by atomic mass is 10.1. The topological polar surface area (TPSA) is 79.8 Å². The molecule has 0 bridgehead atoms. The molecule has 0 aliphatic carbocycles. The second kappa shape index (κ2) is 9.05. The standard InChI is InChI=1S/C22H22F3N3O4S/c1-13-18(29)28(15-5-7-16(8-6-15)33-22(23,24)25)20(31)27(13)12-14-9-10-26-17(11-14)19(30)32-21(2,3)4/h5-11,13H,12H2,1-4H3. The first-order valence-corrected chi connectivity index (χ1v) is 10.8. The van der Waals surface area contributed by atoms with E-state index in [1.807, 2.05) is 0 Å². The maximum Gasteiger partial charge on any atom is 0.446 e. The number of ether oxygens (including phenoxy) is 1. The zero-order valence-electron chi connectivity index (χ0n) is 18.3. The Bertz CT molecular complexity index is 1070. The zero-order valence-corrected chi connectivity index (χ0v) is 19.2. The summed E-state index contributed by atoms with van der Waals surface area (Å²) in [6.45, 7) is 6.78. The minimum Gasteiger partial charge on any atom is -0.455 e. The molecule has 2 aromatic rings. The van der Waals surface area contributed by atoms with E-state index in [9.17, 15) is 27.6 Å². The van der Waals surface area contributed by atoms with Crippen molar-refractivity contribution in [2.24, 2.45) is 0 Å². The Labute approximate surface area is 192 Å². The van der Waals surface area contributed by atoms with E-state index in [0.29, 0.717) is 5.56 Å². The molecular formula is C22H22F3N3O4S. The molecule has 11 heteroatoms.